The molecule has 2 unspecified atom stereocenters. The van der Waals surface area contributed by atoms with Gasteiger partial charge in [0, 0.05) is 6.61 Å². The third kappa shape index (κ3) is 5.23. The van der Waals surface area contributed by atoms with Gasteiger partial charge in [0.2, 0.25) is 0 Å². The first kappa shape index (κ1) is 19.8. The molecule has 1 saturated heterocycles. The van der Waals surface area contributed by atoms with E-state index in [2.05, 4.69) is 6.92 Å². The van der Waals surface area contributed by atoms with Crippen LogP contribution in [0.15, 0.2) is 12.1 Å². The lowest BCUT2D eigenvalue weighted by atomic mass is 9.94. The van der Waals surface area contributed by atoms with Gasteiger partial charge >= 0.3 is 6.18 Å². The molecule has 0 N–H and O–H groups in total. The fraction of sp³-hybridized carbons (Fsp3) is 0.667. The van der Waals surface area contributed by atoms with E-state index in [1.54, 1.807) is 6.92 Å². The minimum absolute atomic E-state index is 0.0324. The summed E-state index contributed by atoms with van der Waals surface area (Å²) in [7, 11) is 0. The van der Waals surface area contributed by atoms with Gasteiger partial charge in [0.15, 0.2) is 11.6 Å². The van der Waals surface area contributed by atoms with Crippen LogP contribution >= 0.6 is 0 Å². The second-order valence-electron chi connectivity index (χ2n) is 6.18. The zero-order valence-electron chi connectivity index (χ0n) is 14.5. The first-order valence-corrected chi connectivity index (χ1v) is 8.63. The van der Waals surface area contributed by atoms with Crippen LogP contribution in [-0.2, 0) is 10.9 Å². The van der Waals surface area contributed by atoms with E-state index in [-0.39, 0.29) is 19.3 Å². The summed E-state index contributed by atoms with van der Waals surface area (Å²) in [6, 6.07) is 2.25. The summed E-state index contributed by atoms with van der Waals surface area (Å²) in [6.07, 6.45) is -1.29. The molecule has 3 nitrogen and oxygen atoms in total. The quantitative estimate of drug-likeness (QED) is 0.621. The highest BCUT2D eigenvalue weighted by atomic mass is 19.4. The Labute approximate surface area is 145 Å². The van der Waals surface area contributed by atoms with E-state index in [1.807, 2.05) is 0 Å². The van der Waals surface area contributed by atoms with E-state index >= 15 is 0 Å². The largest absolute Gasteiger partial charge is 0.491 e. The number of hydrogen-bond acceptors (Lipinski definition) is 3. The van der Waals surface area contributed by atoms with Crippen LogP contribution in [0, 0.1) is 11.7 Å². The van der Waals surface area contributed by atoms with Gasteiger partial charge in [-0.1, -0.05) is 13.3 Å². The Morgan fingerprint density at radius 3 is 2.40 bits per heavy atom. The lowest BCUT2D eigenvalue weighted by Gasteiger charge is -2.29. The second-order valence-corrected chi connectivity index (χ2v) is 6.18. The highest BCUT2D eigenvalue weighted by molar-refractivity contribution is 5.44. The molecule has 0 radical (unpaired) electrons. The van der Waals surface area contributed by atoms with Crippen LogP contribution in [0.2, 0.25) is 0 Å². The molecule has 142 valence electrons. The van der Waals surface area contributed by atoms with Crippen LogP contribution in [0.4, 0.5) is 17.6 Å². The van der Waals surface area contributed by atoms with Crippen molar-refractivity contribution in [1.29, 1.82) is 0 Å². The molecule has 25 heavy (non-hydrogen) atoms. The van der Waals surface area contributed by atoms with Gasteiger partial charge in [0.25, 0.3) is 0 Å². The van der Waals surface area contributed by atoms with Crippen LogP contribution in [0.3, 0.4) is 0 Å². The predicted octanol–water partition coefficient (Wildman–Crippen LogP) is 5.22. The third-order valence-corrected chi connectivity index (χ3v) is 4.24. The Kier molecular flexibility index (Phi) is 6.93. The van der Waals surface area contributed by atoms with Crippen LogP contribution in [-0.4, -0.2) is 25.9 Å². The summed E-state index contributed by atoms with van der Waals surface area (Å²) >= 11 is 0. The normalized spacial score (nSPS) is 21.2. The van der Waals surface area contributed by atoms with Gasteiger partial charge < -0.3 is 14.2 Å². The number of rotatable bonds is 7. The van der Waals surface area contributed by atoms with Crippen molar-refractivity contribution in [3.63, 3.8) is 0 Å². The molecule has 1 heterocycles. The molecular weight excluding hydrogens is 340 g/mol. The van der Waals surface area contributed by atoms with Gasteiger partial charge in [-0.05, 0) is 44.2 Å². The SMILES string of the molecule is CCCC1CCC(COc2ccc(OCC)c(F)c2C(F)(F)F)OC1. The van der Waals surface area contributed by atoms with Crippen LogP contribution < -0.4 is 9.47 Å². The highest BCUT2D eigenvalue weighted by Gasteiger charge is 2.39. The first-order valence-electron chi connectivity index (χ1n) is 8.63. The molecule has 0 aromatic heterocycles. The Balaban J connectivity index is 2.05. The fourth-order valence-electron chi connectivity index (χ4n) is 3.00. The van der Waals surface area contributed by atoms with Crippen molar-refractivity contribution in [3.05, 3.63) is 23.5 Å². The first-order chi connectivity index (χ1) is 11.9. The van der Waals surface area contributed by atoms with Crippen molar-refractivity contribution in [3.8, 4) is 11.5 Å². The summed E-state index contributed by atoms with van der Waals surface area (Å²) < 4.78 is 69.7. The van der Waals surface area contributed by atoms with Crippen LogP contribution in [0.25, 0.3) is 0 Å². The standard InChI is InChI=1S/C18H24F4O3/c1-3-5-12-6-7-13(24-10-12)11-25-14-8-9-15(23-4-2)17(19)16(14)18(20,21)22/h8-9,12-13H,3-7,10-11H2,1-2H3. The molecule has 1 aromatic carbocycles. The zero-order valence-corrected chi connectivity index (χ0v) is 14.5. The molecule has 1 fully saturated rings. The number of alkyl halides is 3. The van der Waals surface area contributed by atoms with Crippen LogP contribution in [0.5, 0.6) is 11.5 Å². The number of benzene rings is 1. The lowest BCUT2D eigenvalue weighted by molar-refractivity contribution is -0.142. The Hall–Kier alpha value is -1.50. The molecule has 0 amide bonds. The molecule has 1 aromatic rings. The summed E-state index contributed by atoms with van der Waals surface area (Å²) in [4.78, 5) is 0. The monoisotopic (exact) mass is 364 g/mol. The van der Waals surface area contributed by atoms with Gasteiger partial charge in [-0.15, -0.1) is 0 Å². The van der Waals surface area contributed by atoms with E-state index in [4.69, 9.17) is 14.2 Å². The Morgan fingerprint density at radius 2 is 1.84 bits per heavy atom. The zero-order chi connectivity index (χ0) is 18.4. The second kappa shape index (κ2) is 8.74. The fourth-order valence-corrected chi connectivity index (χ4v) is 3.00. The number of ether oxygens (including phenoxy) is 3. The Bertz CT molecular complexity index is 552. The van der Waals surface area contributed by atoms with E-state index in [0.29, 0.717) is 12.5 Å². The van der Waals surface area contributed by atoms with Crippen molar-refractivity contribution in [1.82, 2.24) is 0 Å². The molecule has 0 bridgehead atoms. The predicted molar refractivity (Wildman–Crippen MR) is 85.4 cm³/mol. The van der Waals surface area contributed by atoms with Crippen molar-refractivity contribution in [2.75, 3.05) is 19.8 Å². The van der Waals surface area contributed by atoms with Gasteiger partial charge in [-0.25, -0.2) is 4.39 Å². The summed E-state index contributed by atoms with van der Waals surface area (Å²) in [5, 5.41) is 0. The molecular formula is C18H24F4O3. The summed E-state index contributed by atoms with van der Waals surface area (Å²) in [5.41, 5.74) is -1.43. The van der Waals surface area contributed by atoms with Gasteiger partial charge in [-0.2, -0.15) is 13.2 Å². The van der Waals surface area contributed by atoms with Crippen molar-refractivity contribution in [2.24, 2.45) is 5.92 Å². The number of halogens is 4. The van der Waals surface area contributed by atoms with Gasteiger partial charge in [0.1, 0.15) is 17.9 Å². The highest BCUT2D eigenvalue weighted by Crippen LogP contribution is 2.41. The average Bonchev–Trinajstić information content (AvgIpc) is 2.55. The van der Waals surface area contributed by atoms with Crippen molar-refractivity contribution in [2.45, 2.75) is 51.8 Å². The van der Waals surface area contributed by atoms with Crippen molar-refractivity contribution < 1.29 is 31.8 Å². The van der Waals surface area contributed by atoms with Gasteiger partial charge in [-0.3, -0.25) is 0 Å². The van der Waals surface area contributed by atoms with E-state index < -0.39 is 29.1 Å². The molecule has 1 aliphatic rings. The maximum Gasteiger partial charge on any atom is 0.422 e. The molecule has 2 atom stereocenters. The van der Waals surface area contributed by atoms with E-state index in [9.17, 15) is 17.6 Å². The maximum atomic E-state index is 14.2. The maximum absolute atomic E-state index is 14.2. The minimum Gasteiger partial charge on any atom is -0.491 e. The molecule has 0 saturated carbocycles. The lowest BCUT2D eigenvalue weighted by Crippen LogP contribution is -2.31. The number of hydrogen-bond donors (Lipinski definition) is 0. The molecule has 0 aliphatic carbocycles. The van der Waals surface area contributed by atoms with Crippen molar-refractivity contribution >= 4 is 0 Å². The average molecular weight is 364 g/mol. The molecule has 2 rings (SSSR count). The summed E-state index contributed by atoms with van der Waals surface area (Å²) in [5.74, 6) is -1.92. The Morgan fingerprint density at radius 1 is 1.12 bits per heavy atom. The third-order valence-electron chi connectivity index (χ3n) is 4.24. The molecule has 0 spiro atoms. The van der Waals surface area contributed by atoms with Crippen LogP contribution in [0.1, 0.15) is 45.1 Å². The molecule has 1 aliphatic heterocycles. The minimum atomic E-state index is -4.87. The summed E-state index contributed by atoms with van der Waals surface area (Å²) in [6.45, 7) is 4.31. The van der Waals surface area contributed by atoms with E-state index in [0.717, 1.165) is 37.8 Å². The smallest absolute Gasteiger partial charge is 0.422 e. The molecule has 7 heteroatoms. The van der Waals surface area contributed by atoms with Gasteiger partial charge in [0.05, 0.1) is 12.7 Å². The topological polar surface area (TPSA) is 27.7 Å². The van der Waals surface area contributed by atoms with E-state index in [1.165, 1.54) is 0 Å².